The number of carbonyl (C=O) groups excluding carboxylic acids is 1. The van der Waals surface area contributed by atoms with E-state index in [1.165, 1.54) is 42.6 Å². The Hall–Kier alpha value is -1.10. The molecule has 4 aliphatic rings. The highest BCUT2D eigenvalue weighted by molar-refractivity contribution is 7.17. The summed E-state index contributed by atoms with van der Waals surface area (Å²) in [6.07, 6.45) is 2.61. The number of thiophene rings is 1. The molecule has 3 aliphatic heterocycles. The van der Waals surface area contributed by atoms with Gasteiger partial charge in [0.05, 0.1) is 0 Å². The van der Waals surface area contributed by atoms with E-state index < -0.39 is 0 Å². The number of halogens is 1. The summed E-state index contributed by atoms with van der Waals surface area (Å²) in [6, 6.07) is 8.54. The second-order valence-electron chi connectivity index (χ2n) is 7.25. The summed E-state index contributed by atoms with van der Waals surface area (Å²) in [5, 5.41) is 6.63. The molecule has 6 rings (SSSR count). The van der Waals surface area contributed by atoms with Crippen molar-refractivity contribution in [3.8, 4) is 0 Å². The van der Waals surface area contributed by atoms with E-state index in [9.17, 15) is 4.79 Å². The lowest BCUT2D eigenvalue weighted by Crippen LogP contribution is -2.64. The summed E-state index contributed by atoms with van der Waals surface area (Å²) in [7, 11) is 0. The molecule has 2 aromatic rings. The van der Waals surface area contributed by atoms with Crippen molar-refractivity contribution in [1.29, 1.82) is 0 Å². The van der Waals surface area contributed by atoms with Crippen LogP contribution < -0.4 is 5.32 Å². The molecule has 1 aromatic heterocycles. The predicted molar refractivity (Wildman–Crippen MR) is 96.5 cm³/mol. The van der Waals surface area contributed by atoms with Crippen LogP contribution >= 0.6 is 23.7 Å². The van der Waals surface area contributed by atoms with Crippen molar-refractivity contribution in [3.63, 3.8) is 0 Å². The minimum absolute atomic E-state index is 0. The van der Waals surface area contributed by atoms with Gasteiger partial charge in [-0.2, -0.15) is 0 Å². The van der Waals surface area contributed by atoms with Crippen molar-refractivity contribution in [2.45, 2.75) is 18.9 Å². The van der Waals surface area contributed by atoms with E-state index in [2.05, 4.69) is 27.7 Å². The van der Waals surface area contributed by atoms with Crippen LogP contribution in [-0.4, -0.2) is 36.5 Å². The number of piperidine rings is 3. The molecule has 1 N–H and O–H groups in total. The third-order valence-corrected chi connectivity index (χ3v) is 6.70. The molecule has 0 radical (unpaired) electrons. The Morgan fingerprint density at radius 1 is 1.13 bits per heavy atom. The van der Waals surface area contributed by atoms with Gasteiger partial charge in [-0.25, -0.2) is 0 Å². The van der Waals surface area contributed by atoms with E-state index in [0.29, 0.717) is 17.9 Å². The van der Waals surface area contributed by atoms with Gasteiger partial charge >= 0.3 is 0 Å². The van der Waals surface area contributed by atoms with Crippen LogP contribution in [0.25, 0.3) is 10.1 Å². The van der Waals surface area contributed by atoms with Crippen LogP contribution in [0.15, 0.2) is 29.6 Å². The maximum Gasteiger partial charge on any atom is 0.251 e. The lowest BCUT2D eigenvalue weighted by molar-refractivity contribution is -0.0418. The Kier molecular flexibility index (Phi) is 3.87. The van der Waals surface area contributed by atoms with E-state index in [-0.39, 0.29) is 18.3 Å². The summed E-state index contributed by atoms with van der Waals surface area (Å²) in [4.78, 5) is 15.3. The van der Waals surface area contributed by atoms with Crippen LogP contribution in [0.3, 0.4) is 0 Å². The number of nitrogens with one attached hydrogen (secondary N) is 1. The van der Waals surface area contributed by atoms with Crippen molar-refractivity contribution in [1.82, 2.24) is 10.2 Å². The van der Waals surface area contributed by atoms with Gasteiger partial charge in [0.2, 0.25) is 0 Å². The van der Waals surface area contributed by atoms with Gasteiger partial charge in [-0.15, -0.1) is 23.7 Å². The second-order valence-corrected chi connectivity index (χ2v) is 8.20. The number of nitrogens with zero attached hydrogens (tertiary/aromatic N) is 1. The van der Waals surface area contributed by atoms with Gasteiger partial charge in [-0.05, 0) is 65.6 Å². The van der Waals surface area contributed by atoms with Crippen LogP contribution in [0, 0.1) is 17.8 Å². The zero-order valence-corrected chi connectivity index (χ0v) is 14.5. The maximum atomic E-state index is 12.7. The average molecular weight is 349 g/mol. The topological polar surface area (TPSA) is 32.3 Å². The second kappa shape index (κ2) is 5.76. The molecule has 23 heavy (non-hydrogen) atoms. The molecule has 3 saturated heterocycles. The van der Waals surface area contributed by atoms with Crippen molar-refractivity contribution in [2.24, 2.45) is 17.8 Å². The van der Waals surface area contributed by atoms with Crippen molar-refractivity contribution in [3.05, 3.63) is 35.2 Å². The molecule has 1 amide bonds. The summed E-state index contributed by atoms with van der Waals surface area (Å²) < 4.78 is 1.25. The van der Waals surface area contributed by atoms with Crippen LogP contribution in [0.5, 0.6) is 0 Å². The van der Waals surface area contributed by atoms with Gasteiger partial charge in [-0.1, -0.05) is 0 Å². The van der Waals surface area contributed by atoms with Gasteiger partial charge in [0.15, 0.2) is 0 Å². The zero-order chi connectivity index (χ0) is 14.7. The Morgan fingerprint density at radius 3 is 2.65 bits per heavy atom. The van der Waals surface area contributed by atoms with E-state index in [1.54, 1.807) is 11.3 Å². The number of fused-ring (bicyclic) bond motifs is 1. The van der Waals surface area contributed by atoms with Crippen molar-refractivity contribution >= 4 is 39.7 Å². The van der Waals surface area contributed by atoms with Crippen molar-refractivity contribution in [2.75, 3.05) is 19.6 Å². The summed E-state index contributed by atoms with van der Waals surface area (Å²) in [5.41, 5.74) is 0.806. The molecule has 4 heterocycles. The number of hydrogen-bond donors (Lipinski definition) is 1. The maximum absolute atomic E-state index is 12.7. The molecule has 0 unspecified atom stereocenters. The number of hydrogen-bond acceptors (Lipinski definition) is 3. The standard InChI is InChI=1S/C18H20N2OS.ClH/c21-18(13-1-2-16-12(7-13)3-4-22-16)19-17-14-5-11-6-15(17)10-20(8-11)9-14;/h1-4,7,11,14-15,17H,5-6,8-10H2,(H,19,21);1H/t11?,14-,15-,17?;/m0./s1. The fourth-order valence-corrected chi connectivity index (χ4v) is 5.76. The molecule has 1 saturated carbocycles. The largest absolute Gasteiger partial charge is 0.349 e. The third kappa shape index (κ3) is 2.57. The zero-order valence-electron chi connectivity index (χ0n) is 12.9. The van der Waals surface area contributed by atoms with Crippen LogP contribution in [-0.2, 0) is 0 Å². The molecular weight excluding hydrogens is 328 g/mol. The molecule has 1 aliphatic carbocycles. The first kappa shape index (κ1) is 15.4. The quantitative estimate of drug-likeness (QED) is 0.902. The molecule has 1 aromatic carbocycles. The molecule has 3 nitrogen and oxygen atoms in total. The minimum Gasteiger partial charge on any atom is -0.349 e. The first-order valence-corrected chi connectivity index (χ1v) is 9.15. The third-order valence-electron chi connectivity index (χ3n) is 5.80. The smallest absolute Gasteiger partial charge is 0.251 e. The number of amides is 1. The van der Waals surface area contributed by atoms with Gasteiger partial charge in [0, 0.05) is 35.9 Å². The number of carbonyl (C=O) groups is 1. The minimum atomic E-state index is 0. The highest BCUT2D eigenvalue weighted by atomic mass is 35.5. The van der Waals surface area contributed by atoms with Gasteiger partial charge in [-0.3, -0.25) is 4.79 Å². The van der Waals surface area contributed by atoms with Crippen molar-refractivity contribution < 1.29 is 4.79 Å². The van der Waals surface area contributed by atoms with E-state index in [1.807, 2.05) is 12.1 Å². The highest BCUT2D eigenvalue weighted by Gasteiger charge is 2.47. The summed E-state index contributed by atoms with van der Waals surface area (Å²) in [5.74, 6) is 2.33. The fourth-order valence-electron chi connectivity index (χ4n) is 4.99. The summed E-state index contributed by atoms with van der Waals surface area (Å²) in [6.45, 7) is 3.66. The molecule has 0 spiro atoms. The molecule has 5 heteroatoms. The first-order chi connectivity index (χ1) is 10.8. The van der Waals surface area contributed by atoms with E-state index in [4.69, 9.17) is 0 Å². The van der Waals surface area contributed by atoms with Crippen LogP contribution in [0.1, 0.15) is 23.2 Å². The lowest BCUT2D eigenvalue weighted by Gasteiger charge is -2.55. The lowest BCUT2D eigenvalue weighted by atomic mass is 9.65. The summed E-state index contributed by atoms with van der Waals surface area (Å²) >= 11 is 1.72. The Balaban J connectivity index is 0.00000135. The molecule has 2 atom stereocenters. The Labute approximate surface area is 146 Å². The Bertz CT molecular complexity index is 715. The highest BCUT2D eigenvalue weighted by Crippen LogP contribution is 2.43. The predicted octanol–water partition coefficient (Wildman–Crippen LogP) is 3.39. The number of rotatable bonds is 2. The van der Waals surface area contributed by atoms with Crippen LogP contribution in [0.2, 0.25) is 0 Å². The van der Waals surface area contributed by atoms with Gasteiger partial charge in [0.1, 0.15) is 0 Å². The van der Waals surface area contributed by atoms with Gasteiger partial charge < -0.3 is 10.2 Å². The molecule has 122 valence electrons. The fraction of sp³-hybridized carbons (Fsp3) is 0.500. The Morgan fingerprint density at radius 2 is 1.91 bits per heavy atom. The molecular formula is C18H21ClN2OS. The van der Waals surface area contributed by atoms with Crippen LogP contribution in [0.4, 0.5) is 0 Å². The average Bonchev–Trinajstić information content (AvgIpc) is 2.97. The monoisotopic (exact) mass is 348 g/mol. The molecule has 4 fully saturated rings. The SMILES string of the molecule is Cl.O=C(NC1[C@H]2CC3C[C@H]1CN(C3)C2)c1ccc2sccc2c1. The molecule has 4 bridgehead atoms. The normalized spacial score (nSPS) is 34.3. The van der Waals surface area contributed by atoms with Gasteiger partial charge in [0.25, 0.3) is 5.91 Å². The first-order valence-electron chi connectivity index (χ1n) is 8.27. The van der Waals surface area contributed by atoms with E-state index >= 15 is 0 Å². The number of benzene rings is 1. The van der Waals surface area contributed by atoms with E-state index in [0.717, 1.165) is 11.5 Å².